The molecule has 1 atom stereocenters. The van der Waals surface area contributed by atoms with Crippen LogP contribution in [0.2, 0.25) is 0 Å². The highest BCUT2D eigenvalue weighted by Crippen LogP contribution is 2.14. The van der Waals surface area contributed by atoms with Gasteiger partial charge in [0.05, 0.1) is 12.4 Å². The zero-order chi connectivity index (χ0) is 15.2. The maximum absolute atomic E-state index is 5.52. The van der Waals surface area contributed by atoms with E-state index in [4.69, 9.17) is 9.15 Å². The molecule has 0 aromatic carbocycles. The van der Waals surface area contributed by atoms with Crippen LogP contribution in [0.5, 0.6) is 6.01 Å². The van der Waals surface area contributed by atoms with Gasteiger partial charge in [0.1, 0.15) is 5.76 Å². The number of furan rings is 1. The van der Waals surface area contributed by atoms with Crippen LogP contribution in [0.25, 0.3) is 0 Å². The van der Waals surface area contributed by atoms with Crippen LogP contribution >= 0.6 is 0 Å². The van der Waals surface area contributed by atoms with Gasteiger partial charge in [0.15, 0.2) is 0 Å². The van der Waals surface area contributed by atoms with Crippen LogP contribution in [0.15, 0.2) is 22.8 Å². The van der Waals surface area contributed by atoms with E-state index in [-0.39, 0.29) is 12.1 Å². The van der Waals surface area contributed by atoms with E-state index in [1.807, 2.05) is 32.9 Å². The Balaban J connectivity index is 2.07. The molecule has 2 aromatic rings. The van der Waals surface area contributed by atoms with Gasteiger partial charge in [0.2, 0.25) is 11.9 Å². The summed E-state index contributed by atoms with van der Waals surface area (Å²) in [6.07, 6.45) is 2.41. The van der Waals surface area contributed by atoms with Gasteiger partial charge in [0, 0.05) is 19.5 Å². The van der Waals surface area contributed by atoms with Crippen molar-refractivity contribution >= 4 is 11.9 Å². The van der Waals surface area contributed by atoms with Crippen molar-refractivity contribution in [2.45, 2.75) is 39.3 Å². The number of nitrogens with zero attached hydrogens (tertiary/aromatic N) is 3. The van der Waals surface area contributed by atoms with Gasteiger partial charge in [-0.25, -0.2) is 0 Å². The molecule has 21 heavy (non-hydrogen) atoms. The normalized spacial score (nSPS) is 12.2. The van der Waals surface area contributed by atoms with Crippen molar-refractivity contribution in [2.24, 2.45) is 0 Å². The molecule has 0 saturated carbocycles. The van der Waals surface area contributed by atoms with Gasteiger partial charge < -0.3 is 19.8 Å². The molecule has 1 unspecified atom stereocenters. The van der Waals surface area contributed by atoms with Crippen LogP contribution in [-0.2, 0) is 6.42 Å². The molecule has 2 heterocycles. The summed E-state index contributed by atoms with van der Waals surface area (Å²) < 4.78 is 10.9. The summed E-state index contributed by atoms with van der Waals surface area (Å²) >= 11 is 0. The minimum absolute atomic E-state index is 0.00509. The first-order chi connectivity index (χ1) is 10.1. The van der Waals surface area contributed by atoms with Crippen LogP contribution in [0, 0.1) is 0 Å². The Morgan fingerprint density at radius 1 is 1.19 bits per heavy atom. The van der Waals surface area contributed by atoms with Crippen molar-refractivity contribution < 1.29 is 9.15 Å². The quantitative estimate of drug-likeness (QED) is 0.809. The summed E-state index contributed by atoms with van der Waals surface area (Å²) in [6.45, 7) is 5.89. The zero-order valence-corrected chi connectivity index (χ0v) is 12.8. The first-order valence-corrected chi connectivity index (χ1v) is 6.96. The number of ether oxygens (including phenoxy) is 1. The Labute approximate surface area is 124 Å². The lowest BCUT2D eigenvalue weighted by Crippen LogP contribution is -2.21. The van der Waals surface area contributed by atoms with E-state index in [1.54, 1.807) is 13.3 Å². The minimum Gasteiger partial charge on any atom is -0.469 e. The largest absolute Gasteiger partial charge is 0.469 e. The highest BCUT2D eigenvalue weighted by Gasteiger charge is 2.11. The van der Waals surface area contributed by atoms with Gasteiger partial charge in [0.25, 0.3) is 0 Å². The summed E-state index contributed by atoms with van der Waals surface area (Å²) in [5.41, 5.74) is 0. The van der Waals surface area contributed by atoms with E-state index in [1.165, 1.54) is 0 Å². The second kappa shape index (κ2) is 6.92. The summed E-state index contributed by atoms with van der Waals surface area (Å²) in [6, 6.07) is 4.24. The first kappa shape index (κ1) is 15.1. The Kier molecular flexibility index (Phi) is 4.97. The van der Waals surface area contributed by atoms with Gasteiger partial charge in [-0.3, -0.25) is 0 Å². The Bertz CT molecular complexity index is 556. The smallest absolute Gasteiger partial charge is 0.323 e. The number of aromatic nitrogens is 3. The maximum atomic E-state index is 5.52. The number of rotatable bonds is 7. The average Bonchev–Trinajstić information content (AvgIpc) is 2.90. The maximum Gasteiger partial charge on any atom is 0.323 e. The molecule has 0 aliphatic heterocycles. The van der Waals surface area contributed by atoms with Crippen LogP contribution in [-0.4, -0.2) is 34.1 Å². The molecule has 2 N–H and O–H groups in total. The van der Waals surface area contributed by atoms with Crippen molar-refractivity contribution in [3.63, 3.8) is 0 Å². The van der Waals surface area contributed by atoms with Gasteiger partial charge in [-0.05, 0) is 32.9 Å². The second-order valence-corrected chi connectivity index (χ2v) is 5.01. The molecule has 0 radical (unpaired) electrons. The molecule has 7 nitrogen and oxygen atoms in total. The first-order valence-electron chi connectivity index (χ1n) is 6.96. The lowest BCUT2D eigenvalue weighted by Gasteiger charge is -2.14. The molecular weight excluding hydrogens is 270 g/mol. The zero-order valence-electron chi connectivity index (χ0n) is 12.8. The van der Waals surface area contributed by atoms with Crippen LogP contribution in [0.1, 0.15) is 26.5 Å². The van der Waals surface area contributed by atoms with Gasteiger partial charge in [-0.1, -0.05) is 0 Å². The van der Waals surface area contributed by atoms with Crippen LogP contribution in [0.3, 0.4) is 0 Å². The lowest BCUT2D eigenvalue weighted by atomic mass is 10.2. The van der Waals surface area contributed by atoms with Crippen LogP contribution in [0.4, 0.5) is 11.9 Å². The molecule has 0 spiro atoms. The van der Waals surface area contributed by atoms with Gasteiger partial charge in [-0.15, -0.1) is 0 Å². The van der Waals surface area contributed by atoms with E-state index in [9.17, 15) is 0 Å². The summed E-state index contributed by atoms with van der Waals surface area (Å²) in [7, 11) is 1.75. The topological polar surface area (TPSA) is 85.1 Å². The number of hydrogen-bond acceptors (Lipinski definition) is 7. The van der Waals surface area contributed by atoms with Crippen molar-refractivity contribution in [2.75, 3.05) is 17.7 Å². The molecule has 2 aromatic heterocycles. The molecular formula is C14H21N5O2. The van der Waals surface area contributed by atoms with Gasteiger partial charge >= 0.3 is 6.01 Å². The highest BCUT2D eigenvalue weighted by molar-refractivity contribution is 5.36. The Hall–Kier alpha value is -2.31. The van der Waals surface area contributed by atoms with Crippen molar-refractivity contribution in [3.8, 4) is 6.01 Å². The van der Waals surface area contributed by atoms with Crippen molar-refractivity contribution in [1.82, 2.24) is 15.0 Å². The van der Waals surface area contributed by atoms with Crippen molar-refractivity contribution in [1.29, 1.82) is 0 Å². The molecule has 0 amide bonds. The third-order valence-corrected chi connectivity index (χ3v) is 2.64. The van der Waals surface area contributed by atoms with Crippen molar-refractivity contribution in [3.05, 3.63) is 24.2 Å². The SMILES string of the molecule is CNc1nc(NC(C)Cc2ccco2)nc(OC(C)C)n1. The summed E-state index contributed by atoms with van der Waals surface area (Å²) in [5, 5.41) is 6.13. The molecule has 2 rings (SSSR count). The summed E-state index contributed by atoms with van der Waals surface area (Å²) in [5.74, 6) is 1.86. The lowest BCUT2D eigenvalue weighted by molar-refractivity contribution is 0.222. The number of anilines is 2. The third kappa shape index (κ3) is 4.62. The van der Waals surface area contributed by atoms with E-state index in [2.05, 4.69) is 25.6 Å². The predicted octanol–water partition coefficient (Wildman–Crippen LogP) is 2.34. The fourth-order valence-corrected chi connectivity index (χ4v) is 1.80. The molecule has 0 saturated heterocycles. The monoisotopic (exact) mass is 291 g/mol. The Morgan fingerprint density at radius 2 is 1.95 bits per heavy atom. The average molecular weight is 291 g/mol. The van der Waals surface area contributed by atoms with E-state index in [0.29, 0.717) is 17.9 Å². The van der Waals surface area contributed by atoms with Gasteiger partial charge in [-0.2, -0.15) is 15.0 Å². The predicted molar refractivity (Wildman–Crippen MR) is 80.6 cm³/mol. The van der Waals surface area contributed by atoms with E-state index >= 15 is 0 Å². The number of nitrogens with one attached hydrogen (secondary N) is 2. The molecule has 0 fully saturated rings. The molecule has 114 valence electrons. The second-order valence-electron chi connectivity index (χ2n) is 5.01. The van der Waals surface area contributed by atoms with E-state index < -0.39 is 0 Å². The Morgan fingerprint density at radius 3 is 2.57 bits per heavy atom. The number of hydrogen-bond donors (Lipinski definition) is 2. The third-order valence-electron chi connectivity index (χ3n) is 2.64. The fraction of sp³-hybridized carbons (Fsp3) is 0.500. The molecule has 7 heteroatoms. The minimum atomic E-state index is 0.00509. The highest BCUT2D eigenvalue weighted by atomic mass is 16.5. The fourth-order valence-electron chi connectivity index (χ4n) is 1.80. The van der Waals surface area contributed by atoms with E-state index in [0.717, 1.165) is 12.2 Å². The summed E-state index contributed by atoms with van der Waals surface area (Å²) in [4.78, 5) is 12.7. The van der Waals surface area contributed by atoms with Crippen LogP contribution < -0.4 is 15.4 Å². The standard InChI is InChI=1S/C14H21N5O2/c1-9(2)21-14-18-12(15-4)17-13(19-14)16-10(3)8-11-6-5-7-20-11/h5-7,9-10H,8H2,1-4H3,(H2,15,16,17,18,19). The molecule has 0 bridgehead atoms. The molecule has 0 aliphatic rings. The molecule has 0 aliphatic carbocycles.